The molecule has 3 aromatic carbocycles. The van der Waals surface area contributed by atoms with Gasteiger partial charge in [0.1, 0.15) is 5.75 Å². The maximum Gasteiger partial charge on any atom is 0.262 e. The quantitative estimate of drug-likeness (QED) is 0.637. The average molecular weight is 386 g/mol. The Morgan fingerprint density at radius 1 is 0.897 bits per heavy atom. The Balaban J connectivity index is 1.38. The van der Waals surface area contributed by atoms with E-state index < -0.39 is 0 Å². The second-order valence-electron chi connectivity index (χ2n) is 7.03. The molecule has 2 amide bonds. The molecule has 1 saturated carbocycles. The van der Waals surface area contributed by atoms with Gasteiger partial charge in [-0.15, -0.1) is 0 Å². The second-order valence-corrected chi connectivity index (χ2v) is 7.03. The van der Waals surface area contributed by atoms with Crippen LogP contribution in [-0.2, 0) is 4.79 Å². The van der Waals surface area contributed by atoms with E-state index in [1.165, 1.54) is 0 Å². The number of hydrogen-bond donors (Lipinski definition) is 2. The van der Waals surface area contributed by atoms with E-state index in [0.717, 1.165) is 24.0 Å². The van der Waals surface area contributed by atoms with Crippen LogP contribution in [-0.4, -0.2) is 24.5 Å². The Morgan fingerprint density at radius 2 is 1.66 bits per heavy atom. The summed E-state index contributed by atoms with van der Waals surface area (Å²) in [5, 5.41) is 5.73. The number of rotatable bonds is 7. The Kier molecular flexibility index (Phi) is 5.56. The highest BCUT2D eigenvalue weighted by atomic mass is 16.5. The zero-order valence-corrected chi connectivity index (χ0v) is 15.9. The molecule has 0 bridgehead atoms. The molecular formula is C24H22N2O3. The van der Waals surface area contributed by atoms with Crippen molar-refractivity contribution in [3.8, 4) is 16.9 Å². The molecular weight excluding hydrogens is 364 g/mol. The molecule has 0 atom stereocenters. The molecule has 3 aromatic rings. The van der Waals surface area contributed by atoms with Crippen LogP contribution in [0.5, 0.6) is 5.75 Å². The van der Waals surface area contributed by atoms with Crippen molar-refractivity contribution in [1.29, 1.82) is 0 Å². The summed E-state index contributed by atoms with van der Waals surface area (Å²) in [5.41, 5.74) is 3.06. The number of ether oxygens (including phenoxy) is 1. The van der Waals surface area contributed by atoms with Crippen LogP contribution in [0.1, 0.15) is 23.2 Å². The number of carbonyl (C=O) groups excluding carboxylic acids is 2. The van der Waals surface area contributed by atoms with E-state index in [-0.39, 0.29) is 18.4 Å². The summed E-state index contributed by atoms with van der Waals surface area (Å²) in [6.45, 7) is -0.123. The van der Waals surface area contributed by atoms with Crippen molar-refractivity contribution < 1.29 is 14.3 Å². The number of amides is 2. The Bertz CT molecular complexity index is 1010. The lowest BCUT2D eigenvalue weighted by Crippen LogP contribution is -2.25. The Labute approximate surface area is 169 Å². The van der Waals surface area contributed by atoms with Crippen molar-refractivity contribution in [3.63, 3.8) is 0 Å². The fraction of sp³-hybridized carbons (Fsp3) is 0.167. The lowest BCUT2D eigenvalue weighted by Gasteiger charge is -2.12. The predicted octanol–water partition coefficient (Wildman–Crippen LogP) is 4.26. The SMILES string of the molecule is O=C(COc1ccccc1-c1ccccc1)Nc1cccc(C(=O)NC2CC2)c1. The molecule has 4 rings (SSSR count). The van der Waals surface area contributed by atoms with Gasteiger partial charge in [0.15, 0.2) is 6.61 Å². The Hall–Kier alpha value is -3.60. The third-order valence-electron chi connectivity index (χ3n) is 4.65. The maximum atomic E-state index is 12.4. The van der Waals surface area contributed by atoms with Gasteiger partial charge in [-0.1, -0.05) is 54.6 Å². The predicted molar refractivity (Wildman–Crippen MR) is 113 cm³/mol. The molecule has 2 N–H and O–H groups in total. The molecule has 0 spiro atoms. The van der Waals surface area contributed by atoms with Crippen LogP contribution in [0.3, 0.4) is 0 Å². The van der Waals surface area contributed by atoms with Crippen molar-refractivity contribution in [1.82, 2.24) is 5.32 Å². The summed E-state index contributed by atoms with van der Waals surface area (Å²) >= 11 is 0. The first-order chi connectivity index (χ1) is 14.2. The number of anilines is 1. The van der Waals surface area contributed by atoms with Crippen molar-refractivity contribution in [3.05, 3.63) is 84.4 Å². The van der Waals surface area contributed by atoms with Crippen molar-refractivity contribution >= 4 is 17.5 Å². The minimum absolute atomic E-state index is 0.114. The summed E-state index contributed by atoms with van der Waals surface area (Å²) in [4.78, 5) is 24.5. The number of benzene rings is 3. The first kappa shape index (κ1) is 18.7. The van der Waals surface area contributed by atoms with Gasteiger partial charge in [-0.25, -0.2) is 0 Å². The third kappa shape index (κ3) is 5.02. The molecule has 5 heteroatoms. The van der Waals surface area contributed by atoms with Crippen LogP contribution in [0, 0.1) is 0 Å². The molecule has 0 heterocycles. The molecule has 5 nitrogen and oxygen atoms in total. The summed E-state index contributed by atoms with van der Waals surface area (Å²) in [6, 6.07) is 24.7. The van der Waals surface area contributed by atoms with Gasteiger partial charge >= 0.3 is 0 Å². The highest BCUT2D eigenvalue weighted by Crippen LogP contribution is 2.29. The number of para-hydroxylation sites is 1. The first-order valence-corrected chi connectivity index (χ1v) is 9.67. The van der Waals surface area contributed by atoms with E-state index in [9.17, 15) is 9.59 Å². The fourth-order valence-electron chi connectivity index (χ4n) is 3.02. The number of hydrogen-bond acceptors (Lipinski definition) is 3. The van der Waals surface area contributed by atoms with Gasteiger partial charge in [-0.3, -0.25) is 9.59 Å². The summed E-state index contributed by atoms with van der Waals surface area (Å²) in [6.07, 6.45) is 2.06. The van der Waals surface area contributed by atoms with Crippen LogP contribution in [0.2, 0.25) is 0 Å². The normalized spacial score (nSPS) is 12.8. The van der Waals surface area contributed by atoms with Gasteiger partial charge in [0.25, 0.3) is 11.8 Å². The minimum atomic E-state index is -0.285. The molecule has 0 radical (unpaired) electrons. The summed E-state index contributed by atoms with van der Waals surface area (Å²) < 4.78 is 5.77. The van der Waals surface area contributed by atoms with E-state index >= 15 is 0 Å². The fourth-order valence-corrected chi connectivity index (χ4v) is 3.02. The van der Waals surface area contributed by atoms with Crippen molar-refractivity contribution in [2.45, 2.75) is 18.9 Å². The van der Waals surface area contributed by atoms with E-state index in [4.69, 9.17) is 4.74 Å². The zero-order valence-electron chi connectivity index (χ0n) is 15.9. The molecule has 0 aliphatic heterocycles. The van der Waals surface area contributed by atoms with Crippen LogP contribution in [0.25, 0.3) is 11.1 Å². The second kappa shape index (κ2) is 8.61. The molecule has 0 unspecified atom stereocenters. The topological polar surface area (TPSA) is 67.4 Å². The van der Waals surface area contributed by atoms with Gasteiger partial charge in [-0.2, -0.15) is 0 Å². The highest BCUT2D eigenvalue weighted by Gasteiger charge is 2.23. The first-order valence-electron chi connectivity index (χ1n) is 9.67. The van der Waals surface area contributed by atoms with E-state index in [1.54, 1.807) is 24.3 Å². The van der Waals surface area contributed by atoms with E-state index in [0.29, 0.717) is 23.0 Å². The largest absolute Gasteiger partial charge is 0.483 e. The van der Waals surface area contributed by atoms with Gasteiger partial charge < -0.3 is 15.4 Å². The standard InChI is InChI=1S/C24H22N2O3/c27-23(25-20-10-6-9-18(15-20)24(28)26-19-13-14-19)16-29-22-12-5-4-11-21(22)17-7-2-1-3-8-17/h1-12,15,19H,13-14,16H2,(H,25,27)(H,26,28). The highest BCUT2D eigenvalue weighted by molar-refractivity contribution is 5.97. The Morgan fingerprint density at radius 3 is 2.45 bits per heavy atom. The van der Waals surface area contributed by atoms with Gasteiger partial charge in [0.2, 0.25) is 0 Å². The molecule has 146 valence electrons. The molecule has 29 heavy (non-hydrogen) atoms. The molecule has 0 saturated heterocycles. The minimum Gasteiger partial charge on any atom is -0.483 e. The average Bonchev–Trinajstić information content (AvgIpc) is 3.57. The van der Waals surface area contributed by atoms with Crippen molar-refractivity contribution in [2.75, 3.05) is 11.9 Å². The molecule has 0 aromatic heterocycles. The van der Waals surface area contributed by atoms with Gasteiger partial charge in [0, 0.05) is 22.9 Å². The van der Waals surface area contributed by atoms with Crippen LogP contribution in [0.15, 0.2) is 78.9 Å². The summed E-state index contributed by atoms with van der Waals surface area (Å²) in [5.74, 6) is 0.246. The zero-order chi connectivity index (χ0) is 20.1. The van der Waals surface area contributed by atoms with E-state index in [1.807, 2.05) is 54.6 Å². The van der Waals surface area contributed by atoms with Crippen LogP contribution >= 0.6 is 0 Å². The lowest BCUT2D eigenvalue weighted by molar-refractivity contribution is -0.118. The molecule has 1 aliphatic carbocycles. The van der Waals surface area contributed by atoms with E-state index in [2.05, 4.69) is 10.6 Å². The smallest absolute Gasteiger partial charge is 0.262 e. The monoisotopic (exact) mass is 386 g/mol. The van der Waals surface area contributed by atoms with Crippen LogP contribution in [0.4, 0.5) is 5.69 Å². The maximum absolute atomic E-state index is 12.4. The molecule has 1 aliphatic rings. The summed E-state index contributed by atoms with van der Waals surface area (Å²) in [7, 11) is 0. The lowest BCUT2D eigenvalue weighted by atomic mass is 10.1. The number of carbonyl (C=O) groups is 2. The number of nitrogens with one attached hydrogen (secondary N) is 2. The molecule has 1 fully saturated rings. The van der Waals surface area contributed by atoms with Gasteiger partial charge in [0.05, 0.1) is 0 Å². The van der Waals surface area contributed by atoms with Crippen molar-refractivity contribution in [2.24, 2.45) is 0 Å². The third-order valence-corrected chi connectivity index (χ3v) is 4.65. The van der Waals surface area contributed by atoms with Gasteiger partial charge in [-0.05, 0) is 42.7 Å². The van der Waals surface area contributed by atoms with Crippen LogP contribution < -0.4 is 15.4 Å².